The van der Waals surface area contributed by atoms with Gasteiger partial charge in [-0.2, -0.15) is 0 Å². The molecule has 0 aliphatic carbocycles. The molecule has 1 aliphatic rings. The number of ether oxygens (including phenoxy) is 1. The van der Waals surface area contributed by atoms with E-state index in [0.717, 1.165) is 29.7 Å². The number of carbonyl (C=O) groups excluding carboxylic acids is 2. The summed E-state index contributed by atoms with van der Waals surface area (Å²) in [6.07, 6.45) is 5.62. The van der Waals surface area contributed by atoms with Crippen LogP contribution in [0.4, 0.5) is 4.79 Å². The van der Waals surface area contributed by atoms with E-state index in [2.05, 4.69) is 23.3 Å². The van der Waals surface area contributed by atoms with Gasteiger partial charge in [0.05, 0.1) is 17.3 Å². The predicted octanol–water partition coefficient (Wildman–Crippen LogP) is 4.03. The number of carbonyl (C=O) groups is 2. The first kappa shape index (κ1) is 22.1. The van der Waals surface area contributed by atoms with Crippen molar-refractivity contribution in [2.75, 3.05) is 13.1 Å². The van der Waals surface area contributed by atoms with Crippen molar-refractivity contribution >= 4 is 17.5 Å². The Hall–Kier alpha value is -2.57. The van der Waals surface area contributed by atoms with E-state index in [1.807, 2.05) is 57.5 Å². The average Bonchev–Trinajstić information content (AvgIpc) is 3.07. The quantitative estimate of drug-likeness (QED) is 0.819. The summed E-state index contributed by atoms with van der Waals surface area (Å²) in [6.45, 7) is 12.9. The Morgan fingerprint density at radius 3 is 2.50 bits per heavy atom. The van der Waals surface area contributed by atoms with Gasteiger partial charge >= 0.3 is 6.09 Å². The van der Waals surface area contributed by atoms with Crippen molar-refractivity contribution in [3.8, 4) is 0 Å². The summed E-state index contributed by atoms with van der Waals surface area (Å²) < 4.78 is 7.48. The molecule has 7 nitrogen and oxygen atoms in total. The van der Waals surface area contributed by atoms with Crippen molar-refractivity contribution in [2.24, 2.45) is 5.92 Å². The van der Waals surface area contributed by atoms with Crippen LogP contribution in [0.15, 0.2) is 24.5 Å². The third-order valence-electron chi connectivity index (χ3n) is 5.53. The molecule has 30 heavy (non-hydrogen) atoms. The van der Waals surface area contributed by atoms with Gasteiger partial charge in [-0.15, -0.1) is 0 Å². The third-order valence-corrected chi connectivity index (χ3v) is 5.53. The van der Waals surface area contributed by atoms with Gasteiger partial charge in [0.1, 0.15) is 11.4 Å². The van der Waals surface area contributed by atoms with Crippen molar-refractivity contribution < 1.29 is 14.3 Å². The van der Waals surface area contributed by atoms with Crippen molar-refractivity contribution in [3.63, 3.8) is 0 Å². The average molecular weight is 415 g/mol. The first-order chi connectivity index (χ1) is 14.0. The number of aryl methyl sites for hydroxylation is 1. The summed E-state index contributed by atoms with van der Waals surface area (Å²) in [6, 6.07) is 4.04. The van der Waals surface area contributed by atoms with Crippen LogP contribution in [0.1, 0.15) is 65.3 Å². The van der Waals surface area contributed by atoms with E-state index < -0.39 is 11.1 Å². The fourth-order valence-corrected chi connectivity index (χ4v) is 3.99. The van der Waals surface area contributed by atoms with Crippen LogP contribution in [-0.4, -0.2) is 45.0 Å². The van der Waals surface area contributed by atoms with E-state index in [1.54, 1.807) is 4.90 Å². The smallest absolute Gasteiger partial charge is 0.410 e. The molecule has 164 valence electrons. The summed E-state index contributed by atoms with van der Waals surface area (Å²) in [5.41, 5.74) is 1.11. The molecule has 0 spiro atoms. The molecular weight excluding hydrogens is 380 g/mol. The van der Waals surface area contributed by atoms with Gasteiger partial charge in [0.2, 0.25) is 5.91 Å². The van der Waals surface area contributed by atoms with Gasteiger partial charge in [0.15, 0.2) is 0 Å². The van der Waals surface area contributed by atoms with Gasteiger partial charge in [0.25, 0.3) is 0 Å². The minimum absolute atomic E-state index is 0.0140. The number of rotatable bonds is 4. The monoisotopic (exact) mass is 414 g/mol. The zero-order chi connectivity index (χ0) is 22.1. The topological polar surface area (TPSA) is 75.9 Å². The number of likely N-dealkylation sites (tertiary alicyclic amines) is 1. The molecular formula is C23H34N4O3. The highest BCUT2D eigenvalue weighted by molar-refractivity contribution is 5.77. The first-order valence-corrected chi connectivity index (χ1v) is 10.7. The highest BCUT2D eigenvalue weighted by Crippen LogP contribution is 2.25. The number of hydrogen-bond acceptors (Lipinski definition) is 4. The Balaban J connectivity index is 1.55. The maximum absolute atomic E-state index is 12.8. The van der Waals surface area contributed by atoms with Crippen LogP contribution in [0.5, 0.6) is 0 Å². The number of pyridine rings is 1. The molecule has 1 N–H and O–H groups in total. The summed E-state index contributed by atoms with van der Waals surface area (Å²) in [5.74, 6) is 1.09. The van der Waals surface area contributed by atoms with Gasteiger partial charge in [-0.05, 0) is 71.9 Å². The number of imidazole rings is 1. The number of hydrogen-bond donors (Lipinski definition) is 1. The second kappa shape index (κ2) is 8.28. The van der Waals surface area contributed by atoms with Crippen LogP contribution >= 0.6 is 0 Å². The summed E-state index contributed by atoms with van der Waals surface area (Å²) in [4.78, 5) is 31.3. The predicted molar refractivity (Wildman–Crippen MR) is 116 cm³/mol. The SMILES string of the molecule is Cc1cccn2c(C(C)(C)NC(=O)CC3CCN(C(=O)OC(C)(C)C)CC3)ncc12. The standard InChI is InChI=1S/C23H34N4O3/c1-16-8-7-11-27-18(16)15-24-20(27)23(5,6)25-19(28)14-17-9-12-26(13-10-17)21(29)30-22(2,3)4/h7-8,11,15,17H,9-10,12-14H2,1-6H3,(H,25,28). The molecule has 3 heterocycles. The van der Waals surface area contributed by atoms with E-state index in [1.165, 1.54) is 0 Å². The fourth-order valence-electron chi connectivity index (χ4n) is 3.99. The molecule has 0 aromatic carbocycles. The molecule has 3 rings (SSSR count). The van der Waals surface area contributed by atoms with E-state index in [4.69, 9.17) is 4.74 Å². The van der Waals surface area contributed by atoms with Gasteiger partial charge in [-0.3, -0.25) is 4.79 Å². The number of nitrogens with zero attached hydrogens (tertiary/aromatic N) is 3. The lowest BCUT2D eigenvalue weighted by Gasteiger charge is -2.33. The maximum Gasteiger partial charge on any atom is 0.410 e. The third kappa shape index (κ3) is 5.12. The number of aromatic nitrogens is 2. The maximum atomic E-state index is 12.8. The van der Waals surface area contributed by atoms with Crippen molar-refractivity contribution in [2.45, 2.75) is 71.9 Å². The zero-order valence-corrected chi connectivity index (χ0v) is 19.0. The highest BCUT2D eigenvalue weighted by Gasteiger charge is 2.31. The van der Waals surface area contributed by atoms with Crippen LogP contribution in [0.3, 0.4) is 0 Å². The largest absolute Gasteiger partial charge is 0.444 e. The zero-order valence-electron chi connectivity index (χ0n) is 19.0. The number of nitrogens with one attached hydrogen (secondary N) is 1. The Morgan fingerprint density at radius 2 is 1.87 bits per heavy atom. The van der Waals surface area contributed by atoms with Gasteiger partial charge in [-0.1, -0.05) is 6.07 Å². The normalized spacial score (nSPS) is 16.0. The van der Waals surface area contributed by atoms with Gasteiger partial charge < -0.3 is 19.4 Å². The molecule has 1 fully saturated rings. The molecule has 1 saturated heterocycles. The molecule has 2 aromatic rings. The van der Waals surface area contributed by atoms with E-state index in [0.29, 0.717) is 19.5 Å². The van der Waals surface area contributed by atoms with Crippen LogP contribution in [0, 0.1) is 12.8 Å². The summed E-state index contributed by atoms with van der Waals surface area (Å²) in [5, 5.41) is 3.16. The van der Waals surface area contributed by atoms with E-state index in [-0.39, 0.29) is 17.9 Å². The number of amides is 2. The Kier molecular flexibility index (Phi) is 6.11. The highest BCUT2D eigenvalue weighted by atomic mass is 16.6. The molecule has 1 aliphatic heterocycles. The molecule has 0 unspecified atom stereocenters. The Morgan fingerprint density at radius 1 is 1.20 bits per heavy atom. The summed E-state index contributed by atoms with van der Waals surface area (Å²) in [7, 11) is 0. The van der Waals surface area contributed by atoms with Crippen LogP contribution in [-0.2, 0) is 15.1 Å². The number of piperidine rings is 1. The fraction of sp³-hybridized carbons (Fsp3) is 0.609. The van der Waals surface area contributed by atoms with Crippen molar-refractivity contribution in [1.29, 1.82) is 0 Å². The Bertz CT molecular complexity index is 918. The second-order valence-electron chi connectivity index (χ2n) is 9.82. The van der Waals surface area contributed by atoms with E-state index >= 15 is 0 Å². The van der Waals surface area contributed by atoms with Crippen molar-refractivity contribution in [1.82, 2.24) is 19.6 Å². The first-order valence-electron chi connectivity index (χ1n) is 10.7. The second-order valence-corrected chi connectivity index (χ2v) is 9.82. The van der Waals surface area contributed by atoms with Gasteiger partial charge in [-0.25, -0.2) is 9.78 Å². The van der Waals surface area contributed by atoms with Crippen LogP contribution < -0.4 is 5.32 Å². The molecule has 0 bridgehead atoms. The Labute approximate surface area is 178 Å². The van der Waals surface area contributed by atoms with Gasteiger partial charge in [0, 0.05) is 25.7 Å². The molecule has 7 heteroatoms. The lowest BCUT2D eigenvalue weighted by molar-refractivity contribution is -0.124. The number of fused-ring (bicyclic) bond motifs is 1. The lowest BCUT2D eigenvalue weighted by Crippen LogP contribution is -2.45. The molecule has 2 amide bonds. The minimum Gasteiger partial charge on any atom is -0.444 e. The molecule has 0 saturated carbocycles. The lowest BCUT2D eigenvalue weighted by atomic mass is 9.92. The minimum atomic E-state index is -0.589. The molecule has 2 aromatic heterocycles. The van der Waals surface area contributed by atoms with Crippen LogP contribution in [0.2, 0.25) is 0 Å². The summed E-state index contributed by atoms with van der Waals surface area (Å²) >= 11 is 0. The van der Waals surface area contributed by atoms with E-state index in [9.17, 15) is 9.59 Å². The van der Waals surface area contributed by atoms with Crippen LogP contribution in [0.25, 0.3) is 5.52 Å². The molecule has 0 atom stereocenters. The molecule has 0 radical (unpaired) electrons. The van der Waals surface area contributed by atoms with Crippen molar-refractivity contribution in [3.05, 3.63) is 35.9 Å².